The number of thioether (sulfide) groups is 1. The zero-order valence-corrected chi connectivity index (χ0v) is 11.1. The molecule has 0 saturated carbocycles. The number of aliphatic carboxylic acids is 1. The van der Waals surface area contributed by atoms with E-state index in [0.717, 1.165) is 0 Å². The lowest BCUT2D eigenvalue weighted by Crippen LogP contribution is -2.49. The highest BCUT2D eigenvalue weighted by atomic mass is 32.2. The molecule has 1 aromatic rings. The van der Waals surface area contributed by atoms with Gasteiger partial charge in [-0.1, -0.05) is 0 Å². The number of rotatable bonds is 3. The molecule has 2 rings (SSSR count). The topological polar surface area (TPSA) is 95.4 Å². The van der Waals surface area contributed by atoms with Gasteiger partial charge in [0.05, 0.1) is 17.6 Å². The van der Waals surface area contributed by atoms with Gasteiger partial charge in [0.15, 0.2) is 0 Å². The molecule has 0 spiro atoms. The van der Waals surface area contributed by atoms with Gasteiger partial charge in [0.25, 0.3) is 0 Å². The van der Waals surface area contributed by atoms with Crippen LogP contribution in [-0.2, 0) is 11.3 Å². The normalized spacial score (nSPS) is 22.3. The van der Waals surface area contributed by atoms with Crippen LogP contribution in [0.25, 0.3) is 0 Å². The minimum atomic E-state index is -0.978. The summed E-state index contributed by atoms with van der Waals surface area (Å²) in [5, 5.41) is 11.6. The summed E-state index contributed by atoms with van der Waals surface area (Å²) in [6, 6.07) is 0.533. The van der Waals surface area contributed by atoms with Gasteiger partial charge in [-0.25, -0.2) is 19.6 Å². The number of urea groups is 1. The van der Waals surface area contributed by atoms with Gasteiger partial charge < -0.3 is 10.4 Å². The summed E-state index contributed by atoms with van der Waals surface area (Å²) in [5.74, 6) is -0.564. The first-order valence-corrected chi connectivity index (χ1v) is 6.80. The van der Waals surface area contributed by atoms with Crippen molar-refractivity contribution < 1.29 is 14.7 Å². The minimum Gasteiger partial charge on any atom is -0.480 e. The molecule has 2 N–H and O–H groups in total. The van der Waals surface area contributed by atoms with Crippen molar-refractivity contribution in [2.24, 2.45) is 0 Å². The Morgan fingerprint density at radius 3 is 3.05 bits per heavy atom. The average molecular weight is 282 g/mol. The van der Waals surface area contributed by atoms with Crippen LogP contribution in [0.15, 0.2) is 18.6 Å². The van der Waals surface area contributed by atoms with Crippen LogP contribution in [0.5, 0.6) is 0 Å². The molecule has 1 aliphatic heterocycles. The predicted octanol–water partition coefficient (Wildman–Crippen LogP) is 0.534. The number of nitrogens with one attached hydrogen (secondary N) is 1. The van der Waals surface area contributed by atoms with E-state index in [1.807, 2.05) is 6.92 Å². The minimum absolute atomic E-state index is 0.147. The lowest BCUT2D eigenvalue weighted by Gasteiger charge is -2.25. The zero-order chi connectivity index (χ0) is 13.8. The smallest absolute Gasteiger partial charge is 0.327 e. The molecule has 8 heteroatoms. The van der Waals surface area contributed by atoms with Gasteiger partial charge in [-0.3, -0.25) is 4.90 Å². The van der Waals surface area contributed by atoms with E-state index in [2.05, 4.69) is 15.3 Å². The van der Waals surface area contributed by atoms with Crippen molar-refractivity contribution in [1.29, 1.82) is 0 Å². The molecular formula is C11H14N4O3S. The number of carboxylic acids is 1. The Labute approximate surface area is 114 Å². The molecule has 19 heavy (non-hydrogen) atoms. The Bertz CT molecular complexity index is 470. The third kappa shape index (κ3) is 3.14. The second-order valence-electron chi connectivity index (χ2n) is 4.05. The molecule has 1 fully saturated rings. The maximum Gasteiger partial charge on any atom is 0.327 e. The maximum atomic E-state index is 12.0. The lowest BCUT2D eigenvalue weighted by molar-refractivity contribution is -0.141. The molecule has 0 aromatic carbocycles. The van der Waals surface area contributed by atoms with E-state index in [1.54, 1.807) is 12.3 Å². The summed E-state index contributed by atoms with van der Waals surface area (Å²) in [6.45, 7) is 2.07. The molecule has 1 aromatic heterocycles. The fourth-order valence-corrected chi connectivity index (χ4v) is 2.99. The van der Waals surface area contributed by atoms with E-state index in [9.17, 15) is 9.59 Å². The molecule has 2 unspecified atom stereocenters. The molecule has 0 aliphatic carbocycles. The fourth-order valence-electron chi connectivity index (χ4n) is 1.82. The summed E-state index contributed by atoms with van der Waals surface area (Å²) in [7, 11) is 0. The van der Waals surface area contributed by atoms with E-state index < -0.39 is 12.0 Å². The van der Waals surface area contributed by atoms with Gasteiger partial charge in [0.1, 0.15) is 12.4 Å². The van der Waals surface area contributed by atoms with Crippen LogP contribution in [-0.4, -0.2) is 49.1 Å². The number of hydrogen-bond donors (Lipinski definition) is 2. The lowest BCUT2D eigenvalue weighted by atomic mass is 10.3. The van der Waals surface area contributed by atoms with Gasteiger partial charge in [-0.2, -0.15) is 0 Å². The van der Waals surface area contributed by atoms with Gasteiger partial charge in [-0.15, -0.1) is 11.8 Å². The summed E-state index contributed by atoms with van der Waals surface area (Å²) in [6.07, 6.45) is 2.98. The van der Waals surface area contributed by atoms with Crippen molar-refractivity contribution in [1.82, 2.24) is 20.2 Å². The van der Waals surface area contributed by atoms with Crippen LogP contribution in [0.1, 0.15) is 12.6 Å². The molecule has 2 amide bonds. The molecular weight excluding hydrogens is 268 g/mol. The van der Waals surface area contributed by atoms with Gasteiger partial charge in [0, 0.05) is 11.9 Å². The molecule has 2 atom stereocenters. The summed E-state index contributed by atoms with van der Waals surface area (Å²) in [4.78, 5) is 32.2. The number of hydrogen-bond acceptors (Lipinski definition) is 5. The van der Waals surface area contributed by atoms with Crippen LogP contribution in [0.2, 0.25) is 0 Å². The van der Waals surface area contributed by atoms with Crippen molar-refractivity contribution in [2.45, 2.75) is 24.9 Å². The van der Waals surface area contributed by atoms with Crippen molar-refractivity contribution in [3.05, 3.63) is 24.3 Å². The monoisotopic (exact) mass is 282 g/mol. The number of amides is 2. The van der Waals surface area contributed by atoms with Crippen LogP contribution < -0.4 is 5.32 Å². The Hall–Kier alpha value is -1.83. The van der Waals surface area contributed by atoms with Crippen molar-refractivity contribution >= 4 is 23.8 Å². The van der Waals surface area contributed by atoms with Gasteiger partial charge in [-0.05, 0) is 13.0 Å². The van der Waals surface area contributed by atoms with E-state index in [0.29, 0.717) is 11.4 Å². The first kappa shape index (κ1) is 13.6. The highest BCUT2D eigenvalue weighted by Crippen LogP contribution is 2.28. The standard InChI is InChI=1S/C11H14N4O3S/c1-7-15(9(5-19-7)10(16)17)11(18)13-4-8-2-3-12-6-14-8/h2-3,6-7,9H,4-5H2,1H3,(H,13,18)(H,16,17). The molecule has 2 heterocycles. The van der Waals surface area contributed by atoms with E-state index in [1.165, 1.54) is 23.0 Å². The molecule has 1 aliphatic rings. The highest BCUT2D eigenvalue weighted by molar-refractivity contribution is 8.00. The molecule has 7 nitrogen and oxygen atoms in total. The number of nitrogens with zero attached hydrogens (tertiary/aromatic N) is 3. The molecule has 0 radical (unpaired) electrons. The second kappa shape index (κ2) is 5.87. The number of carbonyl (C=O) groups is 2. The second-order valence-corrected chi connectivity index (χ2v) is 5.40. The van der Waals surface area contributed by atoms with Crippen LogP contribution in [0, 0.1) is 0 Å². The Balaban J connectivity index is 1.97. The summed E-state index contributed by atoms with van der Waals surface area (Å²) < 4.78 is 0. The number of carbonyl (C=O) groups excluding carboxylic acids is 1. The van der Waals surface area contributed by atoms with Crippen molar-refractivity contribution in [2.75, 3.05) is 5.75 Å². The first-order chi connectivity index (χ1) is 9.09. The van der Waals surface area contributed by atoms with E-state index in [-0.39, 0.29) is 17.9 Å². The van der Waals surface area contributed by atoms with Crippen molar-refractivity contribution in [3.8, 4) is 0 Å². The summed E-state index contributed by atoms with van der Waals surface area (Å²) in [5.41, 5.74) is 0.676. The fraction of sp³-hybridized carbons (Fsp3) is 0.455. The number of aromatic nitrogens is 2. The maximum absolute atomic E-state index is 12.0. The predicted molar refractivity (Wildman–Crippen MR) is 69.5 cm³/mol. The van der Waals surface area contributed by atoms with Gasteiger partial charge >= 0.3 is 12.0 Å². The number of carboxylic acid groups (broad SMARTS) is 1. The Morgan fingerprint density at radius 2 is 2.42 bits per heavy atom. The third-order valence-electron chi connectivity index (χ3n) is 2.81. The van der Waals surface area contributed by atoms with Crippen LogP contribution in [0.3, 0.4) is 0 Å². The van der Waals surface area contributed by atoms with Crippen LogP contribution >= 0.6 is 11.8 Å². The third-order valence-corrected chi connectivity index (χ3v) is 4.02. The molecule has 1 saturated heterocycles. The zero-order valence-electron chi connectivity index (χ0n) is 10.3. The largest absolute Gasteiger partial charge is 0.480 e. The quantitative estimate of drug-likeness (QED) is 0.840. The SMILES string of the molecule is CC1SCC(C(=O)O)N1C(=O)NCc1ccncn1. The van der Waals surface area contributed by atoms with Gasteiger partial charge in [0.2, 0.25) is 0 Å². The molecule has 0 bridgehead atoms. The first-order valence-electron chi connectivity index (χ1n) is 5.75. The molecule has 102 valence electrons. The van der Waals surface area contributed by atoms with Crippen LogP contribution in [0.4, 0.5) is 4.79 Å². The summed E-state index contributed by atoms with van der Waals surface area (Å²) >= 11 is 1.45. The van der Waals surface area contributed by atoms with Crippen molar-refractivity contribution in [3.63, 3.8) is 0 Å². The highest BCUT2D eigenvalue weighted by Gasteiger charge is 2.39. The van der Waals surface area contributed by atoms with E-state index in [4.69, 9.17) is 5.11 Å². The average Bonchev–Trinajstić information content (AvgIpc) is 2.79. The van der Waals surface area contributed by atoms with E-state index >= 15 is 0 Å². The Morgan fingerprint density at radius 1 is 1.63 bits per heavy atom. The Kier molecular flexibility index (Phi) is 4.20.